The van der Waals surface area contributed by atoms with Gasteiger partial charge >= 0.3 is 0 Å². The predicted octanol–water partition coefficient (Wildman–Crippen LogP) is 3.88. The van der Waals surface area contributed by atoms with Gasteiger partial charge in [0.1, 0.15) is 5.82 Å². The maximum Gasteiger partial charge on any atom is 0.238 e. The fraction of sp³-hybridized carbons (Fsp3) is 0.188. The first-order valence-corrected chi connectivity index (χ1v) is 7.38. The summed E-state index contributed by atoms with van der Waals surface area (Å²) in [5.41, 5.74) is 1.69. The van der Waals surface area contributed by atoms with Crippen LogP contribution in [-0.2, 0) is 4.79 Å². The molecule has 0 bridgehead atoms. The SMILES string of the molecule is C[C@H](NCC(=O)Nc1ccc(F)cc1)c1ccc(Br)cc1. The van der Waals surface area contributed by atoms with E-state index in [4.69, 9.17) is 0 Å². The van der Waals surface area contributed by atoms with Gasteiger partial charge in [-0.3, -0.25) is 4.79 Å². The van der Waals surface area contributed by atoms with E-state index in [1.807, 2.05) is 31.2 Å². The van der Waals surface area contributed by atoms with Crippen molar-refractivity contribution in [2.45, 2.75) is 13.0 Å². The Labute approximate surface area is 131 Å². The van der Waals surface area contributed by atoms with E-state index in [2.05, 4.69) is 26.6 Å². The first-order valence-electron chi connectivity index (χ1n) is 6.59. The summed E-state index contributed by atoms with van der Waals surface area (Å²) in [5, 5.41) is 5.86. The predicted molar refractivity (Wildman–Crippen MR) is 85.6 cm³/mol. The van der Waals surface area contributed by atoms with Crippen molar-refractivity contribution in [1.82, 2.24) is 5.32 Å². The minimum atomic E-state index is -0.324. The number of carbonyl (C=O) groups excluding carboxylic acids is 1. The molecule has 2 aromatic carbocycles. The lowest BCUT2D eigenvalue weighted by Gasteiger charge is -2.14. The molecule has 0 aromatic heterocycles. The van der Waals surface area contributed by atoms with Crippen LogP contribution in [0.2, 0.25) is 0 Å². The highest BCUT2D eigenvalue weighted by Gasteiger charge is 2.08. The van der Waals surface area contributed by atoms with Crippen LogP contribution in [0.15, 0.2) is 53.0 Å². The Morgan fingerprint density at radius 1 is 1.14 bits per heavy atom. The van der Waals surface area contributed by atoms with E-state index in [1.165, 1.54) is 24.3 Å². The number of rotatable bonds is 5. The van der Waals surface area contributed by atoms with Gasteiger partial charge in [-0.15, -0.1) is 0 Å². The number of nitrogens with one attached hydrogen (secondary N) is 2. The number of hydrogen-bond acceptors (Lipinski definition) is 2. The van der Waals surface area contributed by atoms with E-state index >= 15 is 0 Å². The molecule has 0 spiro atoms. The summed E-state index contributed by atoms with van der Waals surface area (Å²) < 4.78 is 13.8. The number of halogens is 2. The second-order valence-electron chi connectivity index (χ2n) is 4.71. The number of hydrogen-bond donors (Lipinski definition) is 2. The standard InChI is InChI=1S/C16H16BrFN2O/c1-11(12-2-4-13(17)5-3-12)19-10-16(21)20-15-8-6-14(18)7-9-15/h2-9,11,19H,10H2,1H3,(H,20,21)/t11-/m0/s1. The van der Waals surface area contributed by atoms with Crippen molar-refractivity contribution < 1.29 is 9.18 Å². The number of benzene rings is 2. The van der Waals surface area contributed by atoms with Crippen LogP contribution in [0.25, 0.3) is 0 Å². The first-order chi connectivity index (χ1) is 10.0. The zero-order valence-electron chi connectivity index (χ0n) is 11.6. The Bertz CT molecular complexity index is 599. The van der Waals surface area contributed by atoms with Crippen molar-refractivity contribution in [2.24, 2.45) is 0 Å². The van der Waals surface area contributed by atoms with Crippen LogP contribution in [0.3, 0.4) is 0 Å². The van der Waals surface area contributed by atoms with Crippen LogP contribution in [0.1, 0.15) is 18.5 Å². The molecule has 0 aliphatic carbocycles. The molecule has 0 radical (unpaired) electrons. The van der Waals surface area contributed by atoms with Crippen LogP contribution < -0.4 is 10.6 Å². The van der Waals surface area contributed by atoms with Gasteiger partial charge in [0.15, 0.2) is 0 Å². The van der Waals surface area contributed by atoms with Crippen molar-refractivity contribution in [3.63, 3.8) is 0 Å². The molecule has 0 aliphatic rings. The number of carbonyl (C=O) groups is 1. The Balaban J connectivity index is 1.83. The number of amides is 1. The van der Waals surface area contributed by atoms with Gasteiger partial charge in [0.2, 0.25) is 5.91 Å². The van der Waals surface area contributed by atoms with Crippen LogP contribution in [0.5, 0.6) is 0 Å². The van der Waals surface area contributed by atoms with Gasteiger partial charge in [-0.25, -0.2) is 4.39 Å². The molecule has 0 fully saturated rings. The van der Waals surface area contributed by atoms with Crippen molar-refractivity contribution in [3.8, 4) is 0 Å². The molecular formula is C16H16BrFN2O. The monoisotopic (exact) mass is 350 g/mol. The average Bonchev–Trinajstić information content (AvgIpc) is 2.48. The topological polar surface area (TPSA) is 41.1 Å². The highest BCUT2D eigenvalue weighted by Crippen LogP contribution is 2.16. The maximum atomic E-state index is 12.8. The molecule has 1 atom stereocenters. The molecule has 110 valence electrons. The summed E-state index contributed by atoms with van der Waals surface area (Å²) in [6.45, 7) is 2.18. The summed E-state index contributed by atoms with van der Waals surface area (Å²) in [5.74, 6) is -0.486. The van der Waals surface area contributed by atoms with E-state index in [1.54, 1.807) is 0 Å². The molecule has 1 amide bonds. The van der Waals surface area contributed by atoms with E-state index in [0.717, 1.165) is 10.0 Å². The van der Waals surface area contributed by atoms with Crippen LogP contribution in [-0.4, -0.2) is 12.5 Å². The first kappa shape index (κ1) is 15.7. The zero-order chi connectivity index (χ0) is 15.2. The smallest absolute Gasteiger partial charge is 0.238 e. The molecule has 0 heterocycles. The third kappa shape index (κ3) is 4.95. The molecule has 2 aromatic rings. The van der Waals surface area contributed by atoms with E-state index in [9.17, 15) is 9.18 Å². The summed E-state index contributed by atoms with van der Waals surface area (Å²) in [6, 6.07) is 13.7. The molecule has 0 saturated heterocycles. The molecule has 0 unspecified atom stereocenters. The van der Waals surface area contributed by atoms with Crippen LogP contribution in [0, 0.1) is 5.82 Å². The Kier molecular flexibility index (Phi) is 5.47. The van der Waals surface area contributed by atoms with Gasteiger partial charge in [0.05, 0.1) is 6.54 Å². The second-order valence-corrected chi connectivity index (χ2v) is 5.62. The van der Waals surface area contributed by atoms with E-state index < -0.39 is 0 Å². The van der Waals surface area contributed by atoms with Crippen molar-refractivity contribution in [1.29, 1.82) is 0 Å². The van der Waals surface area contributed by atoms with Gasteiger partial charge in [0.25, 0.3) is 0 Å². The molecule has 0 aliphatic heterocycles. The quantitative estimate of drug-likeness (QED) is 0.859. The molecule has 0 saturated carbocycles. The highest BCUT2D eigenvalue weighted by molar-refractivity contribution is 9.10. The van der Waals surface area contributed by atoms with Gasteiger partial charge in [0, 0.05) is 16.2 Å². The fourth-order valence-corrected chi connectivity index (χ4v) is 2.12. The summed E-state index contributed by atoms with van der Waals surface area (Å²) in [7, 11) is 0. The molecular weight excluding hydrogens is 335 g/mol. The number of anilines is 1. The van der Waals surface area contributed by atoms with Gasteiger partial charge in [-0.05, 0) is 48.9 Å². The maximum absolute atomic E-state index is 12.8. The van der Waals surface area contributed by atoms with Crippen molar-refractivity contribution >= 4 is 27.5 Å². The normalized spacial score (nSPS) is 12.0. The Morgan fingerprint density at radius 2 is 1.76 bits per heavy atom. The molecule has 3 nitrogen and oxygen atoms in total. The lowest BCUT2D eigenvalue weighted by Crippen LogP contribution is -2.30. The van der Waals surface area contributed by atoms with E-state index in [0.29, 0.717) is 5.69 Å². The zero-order valence-corrected chi connectivity index (χ0v) is 13.2. The Morgan fingerprint density at radius 3 is 2.38 bits per heavy atom. The third-order valence-corrected chi connectivity index (χ3v) is 3.60. The summed E-state index contributed by atoms with van der Waals surface area (Å²) in [6.07, 6.45) is 0. The summed E-state index contributed by atoms with van der Waals surface area (Å²) >= 11 is 3.39. The minimum Gasteiger partial charge on any atom is -0.325 e. The Hall–Kier alpha value is -1.72. The third-order valence-electron chi connectivity index (χ3n) is 3.07. The second kappa shape index (κ2) is 7.33. The van der Waals surface area contributed by atoms with E-state index in [-0.39, 0.29) is 24.3 Å². The molecule has 21 heavy (non-hydrogen) atoms. The lowest BCUT2D eigenvalue weighted by atomic mass is 10.1. The lowest BCUT2D eigenvalue weighted by molar-refractivity contribution is -0.115. The summed E-state index contributed by atoms with van der Waals surface area (Å²) in [4.78, 5) is 11.8. The van der Waals surface area contributed by atoms with Crippen molar-refractivity contribution in [3.05, 3.63) is 64.4 Å². The molecule has 2 N–H and O–H groups in total. The van der Waals surface area contributed by atoms with Gasteiger partial charge < -0.3 is 10.6 Å². The van der Waals surface area contributed by atoms with Crippen molar-refractivity contribution in [2.75, 3.05) is 11.9 Å². The van der Waals surface area contributed by atoms with Crippen LogP contribution >= 0.6 is 15.9 Å². The van der Waals surface area contributed by atoms with Crippen LogP contribution in [0.4, 0.5) is 10.1 Å². The highest BCUT2D eigenvalue weighted by atomic mass is 79.9. The minimum absolute atomic E-state index is 0.0667. The largest absolute Gasteiger partial charge is 0.325 e. The van der Waals surface area contributed by atoms with Gasteiger partial charge in [-0.1, -0.05) is 28.1 Å². The molecule has 5 heteroatoms. The van der Waals surface area contributed by atoms with Gasteiger partial charge in [-0.2, -0.15) is 0 Å². The fourth-order valence-electron chi connectivity index (χ4n) is 1.85. The molecule has 2 rings (SSSR count). The average molecular weight is 351 g/mol.